The summed E-state index contributed by atoms with van der Waals surface area (Å²) in [6.07, 6.45) is 0.828. The van der Waals surface area contributed by atoms with Gasteiger partial charge in [-0.1, -0.05) is 12.1 Å². The van der Waals surface area contributed by atoms with Crippen LogP contribution in [0.5, 0.6) is 5.75 Å². The molecule has 1 aliphatic rings. The fourth-order valence-corrected chi connectivity index (χ4v) is 3.73. The molecule has 0 saturated carbocycles. The molecule has 2 aromatic carbocycles. The van der Waals surface area contributed by atoms with Gasteiger partial charge in [0.05, 0.1) is 18.2 Å². The number of hydrogen-bond donors (Lipinski definition) is 2. The lowest BCUT2D eigenvalue weighted by molar-refractivity contribution is 0.0947. The summed E-state index contributed by atoms with van der Waals surface area (Å²) in [5.74, 6) is 0.795. The number of rotatable bonds is 4. The Kier molecular flexibility index (Phi) is 4.15. The van der Waals surface area contributed by atoms with Crippen LogP contribution in [-0.2, 0) is 13.0 Å². The van der Waals surface area contributed by atoms with Crippen molar-refractivity contribution in [2.24, 2.45) is 5.14 Å². The topological polar surface area (TPSA) is 69.3 Å². The van der Waals surface area contributed by atoms with E-state index in [1.807, 2.05) is 30.3 Å². The second-order valence-corrected chi connectivity index (χ2v) is 6.77. The van der Waals surface area contributed by atoms with Crippen molar-refractivity contribution in [2.45, 2.75) is 17.9 Å². The summed E-state index contributed by atoms with van der Waals surface area (Å²) in [7, 11) is 1.66. The highest BCUT2D eigenvalue weighted by Gasteiger charge is 2.25. The van der Waals surface area contributed by atoms with E-state index in [2.05, 4.69) is 22.0 Å². The lowest BCUT2D eigenvalue weighted by atomic mass is 10.1. The number of carbonyl (C=O) groups excluding carboxylic acids is 1. The van der Waals surface area contributed by atoms with Gasteiger partial charge in [-0.3, -0.25) is 9.93 Å². The van der Waals surface area contributed by atoms with Crippen molar-refractivity contribution < 1.29 is 9.53 Å². The van der Waals surface area contributed by atoms with Gasteiger partial charge in [-0.15, -0.1) is 0 Å². The molecule has 3 N–H and O–H groups in total. The van der Waals surface area contributed by atoms with Crippen molar-refractivity contribution in [1.82, 2.24) is 9.88 Å². The normalized spacial score (nSPS) is 13.6. The summed E-state index contributed by atoms with van der Waals surface area (Å²) < 4.78 is 7.62. The Morgan fingerprint density at radius 1 is 1.24 bits per heavy atom. The van der Waals surface area contributed by atoms with E-state index >= 15 is 0 Å². The molecular weight excluding hydrogens is 334 g/mol. The molecule has 0 bridgehead atoms. The van der Waals surface area contributed by atoms with Gasteiger partial charge in [0.25, 0.3) is 5.91 Å². The average molecular weight is 353 g/mol. The molecule has 128 valence electrons. The molecule has 25 heavy (non-hydrogen) atoms. The van der Waals surface area contributed by atoms with Crippen molar-refractivity contribution in [3.63, 3.8) is 0 Å². The molecule has 2 heterocycles. The molecule has 0 radical (unpaired) electrons. The van der Waals surface area contributed by atoms with Crippen molar-refractivity contribution in [2.75, 3.05) is 13.7 Å². The Labute approximate surface area is 150 Å². The van der Waals surface area contributed by atoms with E-state index in [9.17, 15) is 4.79 Å². The number of carbonyl (C=O) groups is 1. The predicted molar refractivity (Wildman–Crippen MR) is 100 cm³/mol. The Morgan fingerprint density at radius 3 is 2.76 bits per heavy atom. The monoisotopic (exact) mass is 353 g/mol. The molecule has 6 heteroatoms. The molecule has 0 fully saturated rings. The van der Waals surface area contributed by atoms with Gasteiger partial charge < -0.3 is 14.6 Å². The lowest BCUT2D eigenvalue weighted by Crippen LogP contribution is -2.32. The molecule has 0 aliphatic carbocycles. The van der Waals surface area contributed by atoms with Crippen LogP contribution in [0.3, 0.4) is 0 Å². The zero-order valence-corrected chi connectivity index (χ0v) is 14.7. The quantitative estimate of drug-likeness (QED) is 0.708. The van der Waals surface area contributed by atoms with Gasteiger partial charge in [0, 0.05) is 41.6 Å². The molecule has 3 aromatic rings. The molecular formula is C19H19N3O2S. The minimum atomic E-state index is 0.00467. The highest BCUT2D eigenvalue weighted by atomic mass is 32.2. The first-order valence-electron chi connectivity index (χ1n) is 8.14. The van der Waals surface area contributed by atoms with Crippen LogP contribution in [0.15, 0.2) is 47.4 Å². The van der Waals surface area contributed by atoms with E-state index in [1.165, 1.54) is 17.5 Å². The highest BCUT2D eigenvalue weighted by Crippen LogP contribution is 2.32. The Balaban J connectivity index is 1.87. The van der Waals surface area contributed by atoms with E-state index in [-0.39, 0.29) is 5.91 Å². The SMILES string of the molecule is COc1ccc2c3c(n(Cc4ccc(SN)cc4)c2c1)CCNC3=O. The lowest BCUT2D eigenvalue weighted by Gasteiger charge is -2.17. The van der Waals surface area contributed by atoms with Crippen molar-refractivity contribution in [1.29, 1.82) is 0 Å². The van der Waals surface area contributed by atoms with Crippen molar-refractivity contribution in [3.8, 4) is 5.75 Å². The van der Waals surface area contributed by atoms with Gasteiger partial charge in [-0.25, -0.2) is 0 Å². The van der Waals surface area contributed by atoms with Crippen LogP contribution in [-0.4, -0.2) is 24.1 Å². The van der Waals surface area contributed by atoms with Crippen LogP contribution < -0.4 is 15.2 Å². The zero-order valence-electron chi connectivity index (χ0n) is 13.9. The number of nitrogens with zero attached hydrogens (tertiary/aromatic N) is 1. The standard InChI is InChI=1S/C19H19N3O2S/c1-24-13-4-7-15-17(10-13)22(16-8-9-21-19(23)18(15)16)11-12-2-5-14(25-20)6-3-12/h2-7,10H,8-9,11,20H2,1H3,(H,21,23). The number of methoxy groups -OCH3 is 1. The fraction of sp³-hybridized carbons (Fsp3) is 0.211. The Morgan fingerprint density at radius 2 is 2.04 bits per heavy atom. The molecule has 1 aromatic heterocycles. The van der Waals surface area contributed by atoms with Gasteiger partial charge in [0.1, 0.15) is 5.75 Å². The van der Waals surface area contributed by atoms with Crippen LogP contribution in [0.2, 0.25) is 0 Å². The molecule has 0 spiro atoms. The third kappa shape index (κ3) is 2.77. The van der Waals surface area contributed by atoms with Gasteiger partial charge in [-0.05, 0) is 41.8 Å². The van der Waals surface area contributed by atoms with Crippen molar-refractivity contribution >= 4 is 28.8 Å². The van der Waals surface area contributed by atoms with Gasteiger partial charge >= 0.3 is 0 Å². The second-order valence-electron chi connectivity index (χ2n) is 6.06. The summed E-state index contributed by atoms with van der Waals surface area (Å²) in [5.41, 5.74) is 4.08. The minimum Gasteiger partial charge on any atom is -0.497 e. The van der Waals surface area contributed by atoms with Crippen molar-refractivity contribution in [3.05, 3.63) is 59.3 Å². The van der Waals surface area contributed by atoms with E-state index in [4.69, 9.17) is 9.88 Å². The molecule has 1 aliphatic heterocycles. The number of fused-ring (bicyclic) bond motifs is 3. The molecule has 4 rings (SSSR count). The highest BCUT2D eigenvalue weighted by molar-refractivity contribution is 7.97. The maximum absolute atomic E-state index is 12.4. The van der Waals surface area contributed by atoms with E-state index in [0.717, 1.165) is 39.2 Å². The maximum atomic E-state index is 12.4. The first-order chi connectivity index (χ1) is 12.2. The summed E-state index contributed by atoms with van der Waals surface area (Å²) in [6.45, 7) is 1.38. The molecule has 0 atom stereocenters. The molecule has 0 saturated heterocycles. The first-order valence-corrected chi connectivity index (χ1v) is 9.02. The van der Waals surface area contributed by atoms with Gasteiger partial charge in [0.15, 0.2) is 0 Å². The fourth-order valence-electron chi connectivity index (χ4n) is 3.44. The average Bonchev–Trinajstić information content (AvgIpc) is 2.96. The summed E-state index contributed by atoms with van der Waals surface area (Å²) in [4.78, 5) is 13.5. The van der Waals surface area contributed by atoms with E-state index in [1.54, 1.807) is 7.11 Å². The smallest absolute Gasteiger partial charge is 0.253 e. The first kappa shape index (κ1) is 16.1. The van der Waals surface area contributed by atoms with Crippen LogP contribution in [0.1, 0.15) is 21.6 Å². The predicted octanol–water partition coefficient (Wildman–Crippen LogP) is 2.95. The second kappa shape index (κ2) is 6.46. The number of benzene rings is 2. The number of nitrogens with one attached hydrogen (secondary N) is 1. The number of amides is 1. The Hall–Kier alpha value is -2.44. The summed E-state index contributed by atoms with van der Waals surface area (Å²) in [6, 6.07) is 14.1. The summed E-state index contributed by atoms with van der Waals surface area (Å²) in [5, 5.41) is 9.53. The maximum Gasteiger partial charge on any atom is 0.253 e. The van der Waals surface area contributed by atoms with Gasteiger partial charge in [-0.2, -0.15) is 0 Å². The van der Waals surface area contributed by atoms with Crippen LogP contribution in [0, 0.1) is 0 Å². The zero-order chi connectivity index (χ0) is 17.4. The van der Waals surface area contributed by atoms with E-state index < -0.39 is 0 Å². The van der Waals surface area contributed by atoms with E-state index in [0.29, 0.717) is 13.1 Å². The number of aromatic nitrogens is 1. The number of nitrogens with two attached hydrogens (primary N) is 1. The minimum absolute atomic E-state index is 0.00467. The van der Waals surface area contributed by atoms with Crippen LogP contribution >= 0.6 is 11.9 Å². The third-order valence-electron chi connectivity index (χ3n) is 4.65. The molecule has 5 nitrogen and oxygen atoms in total. The number of ether oxygens (including phenoxy) is 1. The van der Waals surface area contributed by atoms with Crippen LogP contribution in [0.25, 0.3) is 10.9 Å². The largest absolute Gasteiger partial charge is 0.497 e. The van der Waals surface area contributed by atoms with Crippen LogP contribution in [0.4, 0.5) is 0 Å². The number of hydrogen-bond acceptors (Lipinski definition) is 4. The summed E-state index contributed by atoms with van der Waals surface area (Å²) >= 11 is 1.24. The molecule has 0 unspecified atom stereocenters. The van der Waals surface area contributed by atoms with Gasteiger partial charge in [0.2, 0.25) is 0 Å². The Bertz CT molecular complexity index is 947. The molecule has 1 amide bonds. The third-order valence-corrected chi connectivity index (χ3v) is 5.20.